The Kier molecular flexibility index (Phi) is 6.60. The van der Waals surface area contributed by atoms with E-state index in [9.17, 15) is 4.79 Å². The second kappa shape index (κ2) is 9.32. The van der Waals surface area contributed by atoms with Gasteiger partial charge in [-0.05, 0) is 74.4 Å². The zero-order chi connectivity index (χ0) is 19.9. The molecule has 2 aromatic carbocycles. The number of rotatable bonds is 6. The highest BCUT2D eigenvalue weighted by atomic mass is 32.1. The van der Waals surface area contributed by atoms with Crippen LogP contribution in [0.4, 0.5) is 11.4 Å². The van der Waals surface area contributed by atoms with Gasteiger partial charge in [0.05, 0.1) is 12.3 Å². The van der Waals surface area contributed by atoms with Gasteiger partial charge in [-0.15, -0.1) is 0 Å². The van der Waals surface area contributed by atoms with Gasteiger partial charge < -0.3 is 15.0 Å². The molecular weight excluding hydrogens is 372 g/mol. The molecule has 0 saturated carbocycles. The molecule has 0 aromatic heterocycles. The summed E-state index contributed by atoms with van der Waals surface area (Å²) in [5.41, 5.74) is 6.34. The number of nitrogens with one attached hydrogen (secondary N) is 2. The molecule has 1 saturated heterocycles. The molecule has 1 fully saturated rings. The van der Waals surface area contributed by atoms with Crippen molar-refractivity contribution in [2.45, 2.75) is 26.7 Å². The zero-order valence-electron chi connectivity index (χ0n) is 16.1. The summed E-state index contributed by atoms with van der Waals surface area (Å²) in [6, 6.07) is 15.4. The first-order valence-corrected chi connectivity index (χ1v) is 9.72. The lowest BCUT2D eigenvalue weighted by Gasteiger charge is -2.16. The van der Waals surface area contributed by atoms with Gasteiger partial charge in [0.25, 0.3) is 0 Å². The number of benzene rings is 2. The van der Waals surface area contributed by atoms with E-state index in [1.54, 1.807) is 0 Å². The molecule has 0 aliphatic carbocycles. The van der Waals surface area contributed by atoms with Crippen LogP contribution in [0.2, 0.25) is 0 Å². The number of carbonyl (C=O) groups is 1. The summed E-state index contributed by atoms with van der Waals surface area (Å²) in [6.07, 6.45) is 1.52. The van der Waals surface area contributed by atoms with Gasteiger partial charge in [0.2, 0.25) is 5.91 Å². The normalized spacial score (nSPS) is 14.1. The van der Waals surface area contributed by atoms with Gasteiger partial charge in [-0.2, -0.15) is 5.10 Å². The highest BCUT2D eigenvalue weighted by Gasteiger charge is 2.21. The first-order valence-electron chi connectivity index (χ1n) is 9.32. The van der Waals surface area contributed by atoms with E-state index in [-0.39, 0.29) is 5.91 Å². The molecule has 2 N–H and O–H groups in total. The van der Waals surface area contributed by atoms with Crippen LogP contribution in [0.15, 0.2) is 53.6 Å². The molecule has 1 aliphatic rings. The Labute approximate surface area is 170 Å². The number of thiocarbonyl (C=S) groups is 1. The zero-order valence-corrected chi connectivity index (χ0v) is 16.9. The summed E-state index contributed by atoms with van der Waals surface area (Å²) in [5, 5.41) is 7.84. The molecule has 3 rings (SSSR count). The number of ether oxygens (including phenoxy) is 1. The van der Waals surface area contributed by atoms with Crippen molar-refractivity contribution in [2.24, 2.45) is 5.10 Å². The minimum Gasteiger partial charge on any atom is -0.494 e. The third-order valence-electron chi connectivity index (χ3n) is 4.40. The fourth-order valence-electron chi connectivity index (χ4n) is 2.98. The van der Waals surface area contributed by atoms with Crippen LogP contribution in [0.5, 0.6) is 5.75 Å². The van der Waals surface area contributed by atoms with E-state index >= 15 is 0 Å². The number of anilines is 2. The SMILES string of the molecule is CCOc1ccc(NC(=S)N/N=C(/C)c2cccc(N3CCCC3=O)c2)cc1. The largest absolute Gasteiger partial charge is 0.494 e. The molecule has 1 amide bonds. The van der Waals surface area contributed by atoms with Crippen molar-refractivity contribution in [3.05, 3.63) is 54.1 Å². The van der Waals surface area contributed by atoms with Crippen LogP contribution >= 0.6 is 12.2 Å². The standard InChI is InChI=1S/C21H24N4O2S/c1-3-27-19-11-9-17(10-12-19)22-21(28)24-23-15(2)16-6-4-7-18(14-16)25-13-5-8-20(25)26/h4,6-7,9-12,14H,3,5,8,13H2,1-2H3,(H2,22,24,28)/b23-15-. The van der Waals surface area contributed by atoms with Gasteiger partial charge >= 0.3 is 0 Å². The quantitative estimate of drug-likeness (QED) is 0.440. The number of nitrogens with zero attached hydrogens (tertiary/aromatic N) is 2. The number of hydrazone groups is 1. The third-order valence-corrected chi connectivity index (χ3v) is 4.59. The highest BCUT2D eigenvalue weighted by Crippen LogP contribution is 2.22. The molecule has 28 heavy (non-hydrogen) atoms. The summed E-state index contributed by atoms with van der Waals surface area (Å²) >= 11 is 5.30. The average Bonchev–Trinajstić information content (AvgIpc) is 3.14. The monoisotopic (exact) mass is 396 g/mol. The van der Waals surface area contributed by atoms with E-state index in [4.69, 9.17) is 17.0 Å². The van der Waals surface area contributed by atoms with Crippen molar-refractivity contribution in [3.8, 4) is 5.75 Å². The first-order chi connectivity index (χ1) is 13.6. The van der Waals surface area contributed by atoms with Crippen LogP contribution in [0.3, 0.4) is 0 Å². The maximum absolute atomic E-state index is 12.0. The lowest BCUT2D eigenvalue weighted by Crippen LogP contribution is -2.25. The Balaban J connectivity index is 1.60. The Morgan fingerprint density at radius 1 is 1.25 bits per heavy atom. The van der Waals surface area contributed by atoms with Crippen molar-refractivity contribution in [3.63, 3.8) is 0 Å². The summed E-state index contributed by atoms with van der Waals surface area (Å²) in [6.45, 7) is 5.25. The second-order valence-electron chi connectivity index (χ2n) is 6.42. The predicted octanol–water partition coefficient (Wildman–Crippen LogP) is 3.92. The molecule has 0 radical (unpaired) electrons. The molecule has 7 heteroatoms. The van der Waals surface area contributed by atoms with Gasteiger partial charge in [-0.1, -0.05) is 12.1 Å². The van der Waals surface area contributed by atoms with Crippen LogP contribution in [0.25, 0.3) is 0 Å². The predicted molar refractivity (Wildman–Crippen MR) is 117 cm³/mol. The van der Waals surface area contributed by atoms with Gasteiger partial charge in [0.15, 0.2) is 5.11 Å². The van der Waals surface area contributed by atoms with Crippen molar-refractivity contribution in [1.29, 1.82) is 0 Å². The summed E-state index contributed by atoms with van der Waals surface area (Å²) < 4.78 is 5.42. The summed E-state index contributed by atoms with van der Waals surface area (Å²) in [4.78, 5) is 13.8. The van der Waals surface area contributed by atoms with Gasteiger partial charge in [-0.3, -0.25) is 10.2 Å². The van der Waals surface area contributed by atoms with Crippen molar-refractivity contribution in [1.82, 2.24) is 5.43 Å². The Morgan fingerprint density at radius 2 is 2.04 bits per heavy atom. The number of amides is 1. The van der Waals surface area contributed by atoms with E-state index in [1.807, 2.05) is 67.3 Å². The average molecular weight is 397 g/mol. The highest BCUT2D eigenvalue weighted by molar-refractivity contribution is 7.80. The van der Waals surface area contributed by atoms with Crippen LogP contribution in [-0.4, -0.2) is 29.9 Å². The molecule has 1 aliphatic heterocycles. The fraction of sp³-hybridized carbons (Fsp3) is 0.286. The topological polar surface area (TPSA) is 66.0 Å². The number of hydrogen-bond donors (Lipinski definition) is 2. The molecule has 6 nitrogen and oxygen atoms in total. The van der Waals surface area contributed by atoms with Crippen LogP contribution in [0.1, 0.15) is 32.3 Å². The van der Waals surface area contributed by atoms with E-state index in [2.05, 4.69) is 15.8 Å². The van der Waals surface area contributed by atoms with Crippen LogP contribution in [0, 0.1) is 0 Å². The van der Waals surface area contributed by atoms with E-state index in [0.717, 1.165) is 41.4 Å². The minimum atomic E-state index is 0.172. The Bertz CT molecular complexity index is 880. The maximum atomic E-state index is 12.0. The molecule has 146 valence electrons. The van der Waals surface area contributed by atoms with Crippen molar-refractivity contribution >= 4 is 40.3 Å². The third kappa shape index (κ3) is 5.07. The molecule has 0 bridgehead atoms. The molecule has 0 atom stereocenters. The summed E-state index contributed by atoms with van der Waals surface area (Å²) in [5.74, 6) is 0.989. The lowest BCUT2D eigenvalue weighted by molar-refractivity contribution is -0.117. The van der Waals surface area contributed by atoms with Gasteiger partial charge in [-0.25, -0.2) is 0 Å². The smallest absolute Gasteiger partial charge is 0.227 e. The van der Waals surface area contributed by atoms with E-state index < -0.39 is 0 Å². The van der Waals surface area contributed by atoms with Crippen molar-refractivity contribution < 1.29 is 9.53 Å². The van der Waals surface area contributed by atoms with Crippen molar-refractivity contribution in [2.75, 3.05) is 23.4 Å². The Morgan fingerprint density at radius 3 is 2.71 bits per heavy atom. The van der Waals surface area contributed by atoms with Gasteiger partial charge in [0, 0.05) is 24.3 Å². The maximum Gasteiger partial charge on any atom is 0.227 e. The number of carbonyl (C=O) groups excluding carboxylic acids is 1. The number of hydrogen-bond acceptors (Lipinski definition) is 4. The molecule has 2 aromatic rings. The molecule has 0 spiro atoms. The Hall–Kier alpha value is -2.93. The lowest BCUT2D eigenvalue weighted by atomic mass is 10.1. The molecular formula is C21H24N4O2S. The van der Waals surface area contributed by atoms with Crippen LogP contribution in [-0.2, 0) is 4.79 Å². The minimum absolute atomic E-state index is 0.172. The second-order valence-corrected chi connectivity index (χ2v) is 6.83. The van der Waals surface area contributed by atoms with E-state index in [0.29, 0.717) is 18.1 Å². The fourth-order valence-corrected chi connectivity index (χ4v) is 3.14. The molecule has 0 unspecified atom stereocenters. The molecule has 1 heterocycles. The van der Waals surface area contributed by atoms with Crippen LogP contribution < -0.4 is 20.4 Å². The first kappa shape index (κ1) is 19.8. The van der Waals surface area contributed by atoms with E-state index in [1.165, 1.54) is 0 Å². The summed E-state index contributed by atoms with van der Waals surface area (Å²) in [7, 11) is 0. The van der Waals surface area contributed by atoms with Gasteiger partial charge in [0.1, 0.15) is 5.75 Å².